The number of benzene rings is 2. The van der Waals surface area contributed by atoms with Crippen LogP contribution >= 0.6 is 0 Å². The standard InChI is InChI=1S/C17H17FN2O5/c1-24-13-5-7-14(8-6-13)25-10-2-3-17(21)19-16-11-12(20(22)23)4-9-15(16)18/h4-9,11H,2-3,10H2,1H3,(H,19,21). The number of hydrogen-bond donors (Lipinski definition) is 1. The van der Waals surface area contributed by atoms with Crippen LogP contribution in [0.15, 0.2) is 42.5 Å². The third-order valence-corrected chi connectivity index (χ3v) is 3.31. The molecule has 0 saturated carbocycles. The van der Waals surface area contributed by atoms with E-state index in [0.29, 0.717) is 24.5 Å². The number of methoxy groups -OCH3 is 1. The molecule has 2 rings (SSSR count). The number of carbonyl (C=O) groups is 1. The molecule has 1 amide bonds. The number of nitro benzene ring substituents is 1. The first-order chi connectivity index (χ1) is 12.0. The van der Waals surface area contributed by atoms with Gasteiger partial charge in [0, 0.05) is 18.6 Å². The van der Waals surface area contributed by atoms with E-state index in [4.69, 9.17) is 9.47 Å². The number of nitro groups is 1. The van der Waals surface area contributed by atoms with Gasteiger partial charge in [0.1, 0.15) is 17.3 Å². The van der Waals surface area contributed by atoms with E-state index in [1.807, 2.05) is 0 Å². The van der Waals surface area contributed by atoms with Gasteiger partial charge in [-0.25, -0.2) is 4.39 Å². The van der Waals surface area contributed by atoms with Crippen molar-refractivity contribution in [1.82, 2.24) is 0 Å². The van der Waals surface area contributed by atoms with Crippen LogP contribution in [0.3, 0.4) is 0 Å². The van der Waals surface area contributed by atoms with E-state index >= 15 is 0 Å². The first-order valence-corrected chi connectivity index (χ1v) is 7.50. The molecule has 7 nitrogen and oxygen atoms in total. The van der Waals surface area contributed by atoms with Gasteiger partial charge in [-0.2, -0.15) is 0 Å². The van der Waals surface area contributed by atoms with Crippen LogP contribution in [-0.2, 0) is 4.79 Å². The Morgan fingerprint density at radius 3 is 2.52 bits per heavy atom. The summed E-state index contributed by atoms with van der Waals surface area (Å²) in [5.41, 5.74) is -0.505. The van der Waals surface area contributed by atoms with E-state index in [1.165, 1.54) is 0 Å². The van der Waals surface area contributed by atoms with Gasteiger partial charge in [-0.1, -0.05) is 0 Å². The molecule has 8 heteroatoms. The third kappa shape index (κ3) is 5.45. The average Bonchev–Trinajstić information content (AvgIpc) is 2.61. The van der Waals surface area contributed by atoms with Crippen molar-refractivity contribution in [3.05, 3.63) is 58.4 Å². The highest BCUT2D eigenvalue weighted by atomic mass is 19.1. The van der Waals surface area contributed by atoms with Crippen molar-refractivity contribution >= 4 is 17.3 Å². The maximum atomic E-state index is 13.6. The van der Waals surface area contributed by atoms with E-state index in [0.717, 1.165) is 18.2 Å². The lowest BCUT2D eigenvalue weighted by molar-refractivity contribution is -0.384. The molecule has 0 spiro atoms. The molecule has 0 saturated heterocycles. The lowest BCUT2D eigenvalue weighted by Gasteiger charge is -2.08. The summed E-state index contributed by atoms with van der Waals surface area (Å²) in [6.45, 7) is 0.303. The molecule has 0 aliphatic rings. The molecular formula is C17H17FN2O5. The SMILES string of the molecule is COc1ccc(OCCCC(=O)Nc2cc([N+](=O)[O-])ccc2F)cc1. The molecule has 0 aliphatic carbocycles. The van der Waals surface area contributed by atoms with Crippen molar-refractivity contribution in [1.29, 1.82) is 0 Å². The van der Waals surface area contributed by atoms with Gasteiger partial charge in [0.05, 0.1) is 24.3 Å². The van der Waals surface area contributed by atoms with E-state index in [-0.39, 0.29) is 17.8 Å². The maximum Gasteiger partial charge on any atom is 0.271 e. The number of rotatable bonds is 8. The van der Waals surface area contributed by atoms with Crippen molar-refractivity contribution in [3.8, 4) is 11.5 Å². The van der Waals surface area contributed by atoms with E-state index in [1.54, 1.807) is 31.4 Å². The van der Waals surface area contributed by atoms with E-state index in [2.05, 4.69) is 5.32 Å². The molecule has 2 aromatic carbocycles. The zero-order valence-electron chi connectivity index (χ0n) is 13.5. The van der Waals surface area contributed by atoms with E-state index < -0.39 is 16.6 Å². The van der Waals surface area contributed by atoms with Crippen LogP contribution in [0.2, 0.25) is 0 Å². The summed E-state index contributed by atoms with van der Waals surface area (Å²) >= 11 is 0. The number of nitrogens with zero attached hydrogens (tertiary/aromatic N) is 1. The van der Waals surface area contributed by atoms with E-state index in [9.17, 15) is 19.3 Å². The van der Waals surface area contributed by atoms with Gasteiger partial charge in [-0.3, -0.25) is 14.9 Å². The first kappa shape index (κ1) is 18.2. The fourth-order valence-electron chi connectivity index (χ4n) is 2.03. The Hall–Kier alpha value is -3.16. The number of nitrogens with one attached hydrogen (secondary N) is 1. The number of hydrogen-bond acceptors (Lipinski definition) is 5. The van der Waals surface area contributed by atoms with Crippen LogP contribution in [-0.4, -0.2) is 24.5 Å². The Morgan fingerprint density at radius 2 is 1.88 bits per heavy atom. The largest absolute Gasteiger partial charge is 0.497 e. The highest BCUT2D eigenvalue weighted by Crippen LogP contribution is 2.21. The minimum Gasteiger partial charge on any atom is -0.497 e. The molecular weight excluding hydrogens is 331 g/mol. The third-order valence-electron chi connectivity index (χ3n) is 3.31. The number of carbonyl (C=O) groups excluding carboxylic acids is 1. The monoisotopic (exact) mass is 348 g/mol. The number of amides is 1. The van der Waals surface area contributed by atoms with Gasteiger partial charge in [-0.05, 0) is 36.8 Å². The van der Waals surface area contributed by atoms with Crippen LogP contribution in [0.25, 0.3) is 0 Å². The molecule has 2 aromatic rings. The molecule has 1 N–H and O–H groups in total. The summed E-state index contributed by atoms with van der Waals surface area (Å²) < 4.78 is 24.1. The molecule has 0 aliphatic heterocycles. The Bertz CT molecular complexity index is 749. The van der Waals surface area contributed by atoms with Gasteiger partial charge < -0.3 is 14.8 Å². The molecule has 0 fully saturated rings. The summed E-state index contributed by atoms with van der Waals surface area (Å²) in [6.07, 6.45) is 0.507. The summed E-state index contributed by atoms with van der Waals surface area (Å²) in [4.78, 5) is 21.8. The Kier molecular flexibility index (Phi) is 6.27. The number of halogens is 1. The fourth-order valence-corrected chi connectivity index (χ4v) is 2.03. The molecule has 0 bridgehead atoms. The highest BCUT2D eigenvalue weighted by Gasteiger charge is 2.13. The number of ether oxygens (including phenoxy) is 2. The summed E-state index contributed by atoms with van der Waals surface area (Å²) in [6, 6.07) is 9.98. The second-order valence-electron chi connectivity index (χ2n) is 5.10. The van der Waals surface area contributed by atoms with Crippen molar-refractivity contribution in [2.45, 2.75) is 12.8 Å². The summed E-state index contributed by atoms with van der Waals surface area (Å²) in [5.74, 6) is 0.183. The molecule has 132 valence electrons. The average molecular weight is 348 g/mol. The number of anilines is 1. The first-order valence-electron chi connectivity index (χ1n) is 7.50. The smallest absolute Gasteiger partial charge is 0.271 e. The zero-order valence-corrected chi connectivity index (χ0v) is 13.5. The second kappa shape index (κ2) is 8.62. The predicted octanol–water partition coefficient (Wildman–Crippen LogP) is 3.54. The fraction of sp³-hybridized carbons (Fsp3) is 0.235. The molecule has 25 heavy (non-hydrogen) atoms. The Morgan fingerprint density at radius 1 is 1.20 bits per heavy atom. The van der Waals surface area contributed by atoms with Gasteiger partial charge in [-0.15, -0.1) is 0 Å². The minimum atomic E-state index is -0.728. The molecule has 0 unspecified atom stereocenters. The van der Waals surface area contributed by atoms with Crippen molar-refractivity contribution in [3.63, 3.8) is 0 Å². The van der Waals surface area contributed by atoms with Crippen LogP contribution < -0.4 is 14.8 Å². The van der Waals surface area contributed by atoms with Gasteiger partial charge in [0.25, 0.3) is 5.69 Å². The van der Waals surface area contributed by atoms with Crippen molar-refractivity contribution in [2.24, 2.45) is 0 Å². The minimum absolute atomic E-state index is 0.0955. The van der Waals surface area contributed by atoms with Crippen LogP contribution in [0.1, 0.15) is 12.8 Å². The Labute approximate surface area is 143 Å². The molecule has 0 aromatic heterocycles. The van der Waals surface area contributed by atoms with Crippen molar-refractivity contribution in [2.75, 3.05) is 19.0 Å². The van der Waals surface area contributed by atoms with Gasteiger partial charge in [0.2, 0.25) is 5.91 Å². The van der Waals surface area contributed by atoms with Crippen molar-refractivity contribution < 1.29 is 23.6 Å². The highest BCUT2D eigenvalue weighted by molar-refractivity contribution is 5.91. The molecule has 0 atom stereocenters. The summed E-state index contributed by atoms with van der Waals surface area (Å²) in [5, 5.41) is 13.0. The van der Waals surface area contributed by atoms with Crippen LogP contribution in [0, 0.1) is 15.9 Å². The second-order valence-corrected chi connectivity index (χ2v) is 5.10. The Balaban J connectivity index is 1.78. The maximum absolute atomic E-state index is 13.6. The lowest BCUT2D eigenvalue weighted by Crippen LogP contribution is -2.14. The lowest BCUT2D eigenvalue weighted by atomic mass is 10.2. The topological polar surface area (TPSA) is 90.7 Å². The van der Waals surface area contributed by atoms with Crippen LogP contribution in [0.5, 0.6) is 11.5 Å². The molecule has 0 radical (unpaired) electrons. The van der Waals surface area contributed by atoms with Gasteiger partial charge >= 0.3 is 0 Å². The zero-order chi connectivity index (χ0) is 18.2. The predicted molar refractivity (Wildman–Crippen MR) is 89.4 cm³/mol. The summed E-state index contributed by atoms with van der Waals surface area (Å²) in [7, 11) is 1.57. The normalized spacial score (nSPS) is 10.2. The number of non-ortho nitro benzene ring substituents is 1. The quantitative estimate of drug-likeness (QED) is 0.448. The van der Waals surface area contributed by atoms with Crippen LogP contribution in [0.4, 0.5) is 15.8 Å². The molecule has 0 heterocycles. The van der Waals surface area contributed by atoms with Gasteiger partial charge in [0.15, 0.2) is 0 Å².